The van der Waals surface area contributed by atoms with E-state index in [1.165, 1.54) is 19.3 Å². The highest BCUT2D eigenvalue weighted by atomic mass is 16.5. The molecule has 0 bridgehead atoms. The van der Waals surface area contributed by atoms with Crippen LogP contribution in [0.4, 0.5) is 0 Å². The first-order chi connectivity index (χ1) is 6.25. The maximum atomic E-state index is 11.7. The molecule has 0 aromatic rings. The van der Waals surface area contributed by atoms with Crippen molar-refractivity contribution >= 4 is 5.97 Å². The Morgan fingerprint density at radius 2 is 1.85 bits per heavy atom. The highest BCUT2D eigenvalue weighted by Crippen LogP contribution is 2.40. The van der Waals surface area contributed by atoms with Crippen molar-refractivity contribution in [3.05, 3.63) is 0 Å². The molecule has 0 spiro atoms. The minimum Gasteiger partial charge on any atom is -0.466 e. The number of hydrogen-bond acceptors (Lipinski definition) is 2. The fraction of sp³-hybridized carbons (Fsp3) is 0.909. The summed E-state index contributed by atoms with van der Waals surface area (Å²) in [5, 5.41) is 0. The van der Waals surface area contributed by atoms with E-state index in [4.69, 9.17) is 4.74 Å². The van der Waals surface area contributed by atoms with Gasteiger partial charge >= 0.3 is 5.97 Å². The molecule has 1 saturated carbocycles. The zero-order valence-electron chi connectivity index (χ0n) is 8.77. The van der Waals surface area contributed by atoms with Crippen molar-refractivity contribution in [2.75, 3.05) is 6.61 Å². The summed E-state index contributed by atoms with van der Waals surface area (Å²) in [6, 6.07) is 0. The van der Waals surface area contributed by atoms with Gasteiger partial charge in [-0.05, 0) is 26.2 Å². The van der Waals surface area contributed by atoms with Crippen molar-refractivity contribution in [2.45, 2.75) is 52.4 Å². The van der Waals surface area contributed by atoms with Crippen LogP contribution in [-0.4, -0.2) is 12.6 Å². The number of rotatable bonds is 3. The van der Waals surface area contributed by atoms with Crippen LogP contribution in [0.5, 0.6) is 0 Å². The van der Waals surface area contributed by atoms with E-state index in [0.717, 1.165) is 19.3 Å². The summed E-state index contributed by atoms with van der Waals surface area (Å²) in [5.74, 6) is 0.0391. The molecule has 0 saturated heterocycles. The molecule has 0 radical (unpaired) electrons. The van der Waals surface area contributed by atoms with Crippen molar-refractivity contribution in [1.82, 2.24) is 0 Å². The molecule has 76 valence electrons. The van der Waals surface area contributed by atoms with Crippen LogP contribution in [0, 0.1) is 5.41 Å². The van der Waals surface area contributed by atoms with Crippen molar-refractivity contribution in [2.24, 2.45) is 5.41 Å². The van der Waals surface area contributed by atoms with Crippen molar-refractivity contribution in [3.8, 4) is 0 Å². The second-order valence-electron chi connectivity index (χ2n) is 3.92. The average Bonchev–Trinajstić information content (AvgIpc) is 2.19. The Balaban J connectivity index is 2.61. The second kappa shape index (κ2) is 4.64. The van der Waals surface area contributed by atoms with E-state index in [9.17, 15) is 4.79 Å². The Bertz CT molecular complexity index is 169. The third-order valence-corrected chi connectivity index (χ3v) is 3.20. The van der Waals surface area contributed by atoms with Crippen LogP contribution in [0.2, 0.25) is 0 Å². The smallest absolute Gasteiger partial charge is 0.312 e. The Hall–Kier alpha value is -0.530. The summed E-state index contributed by atoms with van der Waals surface area (Å²) in [6.07, 6.45) is 6.65. The molecule has 0 heterocycles. The average molecular weight is 184 g/mol. The third-order valence-electron chi connectivity index (χ3n) is 3.20. The van der Waals surface area contributed by atoms with E-state index >= 15 is 0 Å². The van der Waals surface area contributed by atoms with E-state index < -0.39 is 0 Å². The standard InChI is InChI=1S/C11H20O2/c1-3-11(10(12)13-4-2)8-6-5-7-9-11/h3-9H2,1-2H3. The van der Waals surface area contributed by atoms with Gasteiger partial charge in [-0.15, -0.1) is 0 Å². The normalized spacial score (nSPS) is 21.1. The van der Waals surface area contributed by atoms with E-state index in [1.807, 2.05) is 6.92 Å². The molecule has 1 aliphatic rings. The first kappa shape index (κ1) is 10.6. The van der Waals surface area contributed by atoms with Crippen LogP contribution < -0.4 is 0 Å². The monoisotopic (exact) mass is 184 g/mol. The molecule has 0 aliphatic heterocycles. The zero-order chi connectivity index (χ0) is 9.73. The van der Waals surface area contributed by atoms with Gasteiger partial charge in [0.2, 0.25) is 0 Å². The van der Waals surface area contributed by atoms with Crippen LogP contribution >= 0.6 is 0 Å². The Morgan fingerprint density at radius 1 is 1.23 bits per heavy atom. The molecule has 1 aliphatic carbocycles. The number of carbonyl (C=O) groups is 1. The SMILES string of the molecule is CCOC(=O)C1(CC)CCCCC1. The van der Waals surface area contributed by atoms with Crippen molar-refractivity contribution in [3.63, 3.8) is 0 Å². The molecule has 1 rings (SSSR count). The van der Waals surface area contributed by atoms with Gasteiger partial charge in [-0.1, -0.05) is 26.2 Å². The summed E-state index contributed by atoms with van der Waals surface area (Å²) >= 11 is 0. The Labute approximate surface area is 80.7 Å². The van der Waals surface area contributed by atoms with Crippen molar-refractivity contribution in [1.29, 1.82) is 0 Å². The van der Waals surface area contributed by atoms with Gasteiger partial charge in [0.05, 0.1) is 12.0 Å². The first-order valence-electron chi connectivity index (χ1n) is 5.42. The lowest BCUT2D eigenvalue weighted by Crippen LogP contribution is -2.34. The highest BCUT2D eigenvalue weighted by molar-refractivity contribution is 5.76. The van der Waals surface area contributed by atoms with Gasteiger partial charge in [0.25, 0.3) is 0 Å². The number of esters is 1. The van der Waals surface area contributed by atoms with Gasteiger partial charge in [0.15, 0.2) is 0 Å². The van der Waals surface area contributed by atoms with Gasteiger partial charge in [0.1, 0.15) is 0 Å². The van der Waals surface area contributed by atoms with E-state index in [2.05, 4.69) is 6.92 Å². The van der Waals surface area contributed by atoms with Crippen LogP contribution in [0.25, 0.3) is 0 Å². The molecule has 13 heavy (non-hydrogen) atoms. The fourth-order valence-electron chi connectivity index (χ4n) is 2.21. The van der Waals surface area contributed by atoms with Crippen molar-refractivity contribution < 1.29 is 9.53 Å². The van der Waals surface area contributed by atoms with Gasteiger partial charge in [0, 0.05) is 0 Å². The first-order valence-corrected chi connectivity index (χ1v) is 5.42. The van der Waals surface area contributed by atoms with Gasteiger partial charge < -0.3 is 4.74 Å². The predicted molar refractivity (Wildman–Crippen MR) is 52.4 cm³/mol. The third kappa shape index (κ3) is 2.23. The second-order valence-corrected chi connectivity index (χ2v) is 3.92. The molecule has 0 aromatic heterocycles. The maximum Gasteiger partial charge on any atom is 0.312 e. The molecule has 0 N–H and O–H groups in total. The van der Waals surface area contributed by atoms with Crippen LogP contribution in [0.3, 0.4) is 0 Å². The summed E-state index contributed by atoms with van der Waals surface area (Å²) in [6.45, 7) is 4.49. The largest absolute Gasteiger partial charge is 0.466 e. The fourth-order valence-corrected chi connectivity index (χ4v) is 2.21. The number of carbonyl (C=O) groups excluding carboxylic acids is 1. The lowest BCUT2D eigenvalue weighted by atomic mass is 9.72. The Kier molecular flexibility index (Phi) is 3.76. The number of ether oxygens (including phenoxy) is 1. The van der Waals surface area contributed by atoms with Crippen LogP contribution in [-0.2, 0) is 9.53 Å². The van der Waals surface area contributed by atoms with Gasteiger partial charge in [-0.3, -0.25) is 4.79 Å². The highest BCUT2D eigenvalue weighted by Gasteiger charge is 2.38. The molecule has 0 atom stereocenters. The summed E-state index contributed by atoms with van der Waals surface area (Å²) in [4.78, 5) is 11.7. The van der Waals surface area contributed by atoms with Crippen LogP contribution in [0.1, 0.15) is 52.4 Å². The van der Waals surface area contributed by atoms with Gasteiger partial charge in [-0.25, -0.2) is 0 Å². The maximum absolute atomic E-state index is 11.7. The van der Waals surface area contributed by atoms with E-state index in [-0.39, 0.29) is 11.4 Å². The lowest BCUT2D eigenvalue weighted by Gasteiger charge is -2.33. The quantitative estimate of drug-likeness (QED) is 0.630. The van der Waals surface area contributed by atoms with Gasteiger partial charge in [-0.2, -0.15) is 0 Å². The molecule has 0 amide bonds. The molecule has 0 aromatic carbocycles. The molecule has 1 fully saturated rings. The van der Waals surface area contributed by atoms with E-state index in [0.29, 0.717) is 6.61 Å². The molecular formula is C11H20O2. The molecule has 2 nitrogen and oxygen atoms in total. The van der Waals surface area contributed by atoms with E-state index in [1.54, 1.807) is 0 Å². The summed E-state index contributed by atoms with van der Waals surface area (Å²) < 4.78 is 5.14. The molecule has 0 unspecified atom stereocenters. The minimum atomic E-state index is -0.131. The molecule has 2 heteroatoms. The summed E-state index contributed by atoms with van der Waals surface area (Å²) in [5.41, 5.74) is -0.131. The number of hydrogen-bond donors (Lipinski definition) is 0. The topological polar surface area (TPSA) is 26.3 Å². The Morgan fingerprint density at radius 3 is 2.31 bits per heavy atom. The molecular weight excluding hydrogens is 164 g/mol. The summed E-state index contributed by atoms with van der Waals surface area (Å²) in [7, 11) is 0. The lowest BCUT2D eigenvalue weighted by molar-refractivity contribution is -0.157. The predicted octanol–water partition coefficient (Wildman–Crippen LogP) is 2.91. The zero-order valence-corrected chi connectivity index (χ0v) is 8.77. The van der Waals surface area contributed by atoms with Crippen LogP contribution in [0.15, 0.2) is 0 Å². The minimum absolute atomic E-state index is 0.0391.